The van der Waals surface area contributed by atoms with Gasteiger partial charge in [0, 0.05) is 0 Å². The van der Waals surface area contributed by atoms with E-state index in [1.165, 1.54) is 24.8 Å². The monoisotopic (exact) mass is 230 g/mol. The van der Waals surface area contributed by atoms with Crippen LogP contribution in [0.4, 0.5) is 0 Å². The van der Waals surface area contributed by atoms with Crippen molar-refractivity contribution in [1.29, 1.82) is 0 Å². The van der Waals surface area contributed by atoms with Crippen LogP contribution in [0.1, 0.15) is 37.7 Å². The molecule has 1 saturated heterocycles. The standard InChI is InChI=1S/C15H18O2/c16-14-13(11-12-7-3-1-4-8-12)15(17-14)9-5-2-6-10-15/h1,3-4,7-8,13H,2,5-6,9-11H2. The van der Waals surface area contributed by atoms with E-state index in [0.29, 0.717) is 0 Å². The molecule has 1 spiro atoms. The number of benzene rings is 1. The highest BCUT2D eigenvalue weighted by molar-refractivity contribution is 5.80. The molecule has 0 aromatic heterocycles. The van der Waals surface area contributed by atoms with Gasteiger partial charge in [-0.15, -0.1) is 0 Å². The molecule has 3 rings (SSSR count). The van der Waals surface area contributed by atoms with Crippen LogP contribution < -0.4 is 0 Å². The van der Waals surface area contributed by atoms with Crippen molar-refractivity contribution >= 4 is 5.97 Å². The summed E-state index contributed by atoms with van der Waals surface area (Å²) in [5.74, 6) is 0.112. The van der Waals surface area contributed by atoms with Gasteiger partial charge in [0.2, 0.25) is 0 Å². The molecule has 1 unspecified atom stereocenters. The maximum atomic E-state index is 11.7. The zero-order valence-electron chi connectivity index (χ0n) is 10.0. The Labute approximate surface area is 102 Å². The maximum Gasteiger partial charge on any atom is 0.313 e. The van der Waals surface area contributed by atoms with Gasteiger partial charge in [0.1, 0.15) is 11.5 Å². The average molecular weight is 230 g/mol. The zero-order valence-corrected chi connectivity index (χ0v) is 10.0. The highest BCUT2D eigenvalue weighted by Crippen LogP contribution is 2.46. The maximum absolute atomic E-state index is 11.7. The molecule has 2 nitrogen and oxygen atoms in total. The van der Waals surface area contributed by atoms with E-state index in [9.17, 15) is 4.79 Å². The summed E-state index contributed by atoms with van der Waals surface area (Å²) in [5, 5.41) is 0. The first kappa shape index (κ1) is 10.8. The van der Waals surface area contributed by atoms with Crippen molar-refractivity contribution in [2.24, 2.45) is 5.92 Å². The summed E-state index contributed by atoms with van der Waals surface area (Å²) in [7, 11) is 0. The van der Waals surface area contributed by atoms with E-state index in [2.05, 4.69) is 12.1 Å². The minimum absolute atomic E-state index is 0.00996. The van der Waals surface area contributed by atoms with E-state index in [1.807, 2.05) is 18.2 Å². The molecule has 0 N–H and O–H groups in total. The number of carbonyl (C=O) groups excluding carboxylic acids is 1. The Morgan fingerprint density at radius 3 is 2.47 bits per heavy atom. The molecule has 0 amide bonds. The van der Waals surface area contributed by atoms with Crippen LogP contribution in [0.2, 0.25) is 0 Å². The van der Waals surface area contributed by atoms with E-state index in [0.717, 1.165) is 19.3 Å². The van der Waals surface area contributed by atoms with E-state index < -0.39 is 0 Å². The van der Waals surface area contributed by atoms with E-state index >= 15 is 0 Å². The third-order valence-corrected chi connectivity index (χ3v) is 4.21. The zero-order chi connectivity index (χ0) is 11.7. The van der Waals surface area contributed by atoms with Crippen LogP contribution in [0.5, 0.6) is 0 Å². The summed E-state index contributed by atoms with van der Waals surface area (Å²) < 4.78 is 5.51. The normalized spacial score (nSPS) is 26.4. The van der Waals surface area contributed by atoms with Crippen molar-refractivity contribution in [3.05, 3.63) is 35.9 Å². The quantitative estimate of drug-likeness (QED) is 0.730. The molecule has 1 aliphatic heterocycles. The van der Waals surface area contributed by atoms with Crippen LogP contribution in [0, 0.1) is 5.92 Å². The van der Waals surface area contributed by atoms with Crippen molar-refractivity contribution in [3.63, 3.8) is 0 Å². The number of ether oxygens (including phenoxy) is 1. The Morgan fingerprint density at radius 1 is 1.12 bits per heavy atom. The largest absolute Gasteiger partial charge is 0.458 e. The first-order chi connectivity index (χ1) is 8.30. The SMILES string of the molecule is O=C1OC2(CCCCC2)C1Cc1ccccc1. The molecule has 0 bridgehead atoms. The fourth-order valence-corrected chi connectivity index (χ4v) is 3.22. The molecule has 2 heteroatoms. The van der Waals surface area contributed by atoms with Gasteiger partial charge in [-0.1, -0.05) is 36.8 Å². The van der Waals surface area contributed by atoms with Crippen LogP contribution in [-0.2, 0) is 16.0 Å². The summed E-state index contributed by atoms with van der Waals surface area (Å²) in [5.41, 5.74) is 1.14. The lowest BCUT2D eigenvalue weighted by atomic mass is 9.69. The van der Waals surface area contributed by atoms with Crippen LogP contribution in [0.15, 0.2) is 30.3 Å². The van der Waals surface area contributed by atoms with Gasteiger partial charge in [-0.3, -0.25) is 4.79 Å². The lowest BCUT2D eigenvalue weighted by molar-refractivity contribution is -0.220. The molecule has 1 heterocycles. The van der Waals surface area contributed by atoms with Crippen molar-refractivity contribution in [3.8, 4) is 0 Å². The third kappa shape index (κ3) is 1.86. The van der Waals surface area contributed by atoms with Gasteiger partial charge in [0.05, 0.1) is 0 Å². The molecule has 1 atom stereocenters. The molecular formula is C15H18O2. The topological polar surface area (TPSA) is 26.3 Å². The fraction of sp³-hybridized carbons (Fsp3) is 0.533. The van der Waals surface area contributed by atoms with E-state index in [-0.39, 0.29) is 17.5 Å². The van der Waals surface area contributed by atoms with Gasteiger partial charge in [-0.2, -0.15) is 0 Å². The second-order valence-corrected chi connectivity index (χ2v) is 5.29. The van der Waals surface area contributed by atoms with Crippen LogP contribution in [-0.4, -0.2) is 11.6 Å². The Bertz CT molecular complexity index is 404. The van der Waals surface area contributed by atoms with Gasteiger partial charge in [-0.25, -0.2) is 0 Å². The summed E-state index contributed by atoms with van der Waals surface area (Å²) in [6.45, 7) is 0. The van der Waals surface area contributed by atoms with E-state index in [4.69, 9.17) is 4.74 Å². The summed E-state index contributed by atoms with van der Waals surface area (Å²) in [4.78, 5) is 11.7. The highest BCUT2D eigenvalue weighted by Gasteiger charge is 2.55. The third-order valence-electron chi connectivity index (χ3n) is 4.21. The molecule has 2 fully saturated rings. The molecule has 90 valence electrons. The van der Waals surface area contributed by atoms with Gasteiger partial charge in [0.15, 0.2) is 0 Å². The highest BCUT2D eigenvalue weighted by atomic mass is 16.6. The van der Waals surface area contributed by atoms with Crippen LogP contribution in [0.3, 0.4) is 0 Å². The summed E-state index contributed by atoms with van der Waals surface area (Å²) >= 11 is 0. The van der Waals surface area contributed by atoms with Gasteiger partial charge in [-0.05, 0) is 37.7 Å². The summed E-state index contributed by atoms with van der Waals surface area (Å²) in [6.07, 6.45) is 6.68. The Morgan fingerprint density at radius 2 is 1.82 bits per heavy atom. The number of hydrogen-bond donors (Lipinski definition) is 0. The Balaban J connectivity index is 1.75. The summed E-state index contributed by atoms with van der Waals surface area (Å²) in [6, 6.07) is 10.3. The predicted octanol–water partition coefficient (Wildman–Crippen LogP) is 3.11. The number of carbonyl (C=O) groups is 1. The molecule has 1 saturated carbocycles. The predicted molar refractivity (Wildman–Crippen MR) is 65.5 cm³/mol. The molecule has 1 aromatic carbocycles. The molecular weight excluding hydrogens is 212 g/mol. The number of esters is 1. The molecule has 1 aliphatic carbocycles. The average Bonchev–Trinajstić information content (AvgIpc) is 2.39. The minimum atomic E-state index is -0.106. The minimum Gasteiger partial charge on any atom is -0.458 e. The Hall–Kier alpha value is -1.31. The van der Waals surface area contributed by atoms with Crippen molar-refractivity contribution in [1.82, 2.24) is 0 Å². The van der Waals surface area contributed by atoms with Crippen molar-refractivity contribution in [2.75, 3.05) is 0 Å². The molecule has 2 aliphatic rings. The molecule has 0 radical (unpaired) electrons. The van der Waals surface area contributed by atoms with E-state index in [1.54, 1.807) is 0 Å². The first-order valence-corrected chi connectivity index (χ1v) is 6.57. The Kier molecular flexibility index (Phi) is 2.65. The second kappa shape index (κ2) is 4.17. The number of hydrogen-bond acceptors (Lipinski definition) is 2. The number of rotatable bonds is 2. The van der Waals surface area contributed by atoms with Crippen LogP contribution >= 0.6 is 0 Å². The van der Waals surface area contributed by atoms with Crippen molar-refractivity contribution in [2.45, 2.75) is 44.1 Å². The lowest BCUT2D eigenvalue weighted by Gasteiger charge is -2.50. The van der Waals surface area contributed by atoms with Crippen LogP contribution in [0.25, 0.3) is 0 Å². The molecule has 17 heavy (non-hydrogen) atoms. The van der Waals surface area contributed by atoms with Gasteiger partial charge >= 0.3 is 5.97 Å². The second-order valence-electron chi connectivity index (χ2n) is 5.29. The fourth-order valence-electron chi connectivity index (χ4n) is 3.22. The first-order valence-electron chi connectivity index (χ1n) is 6.57. The molecule has 1 aromatic rings. The van der Waals surface area contributed by atoms with Crippen molar-refractivity contribution < 1.29 is 9.53 Å². The smallest absolute Gasteiger partial charge is 0.313 e. The van der Waals surface area contributed by atoms with Gasteiger partial charge in [0.25, 0.3) is 0 Å². The van der Waals surface area contributed by atoms with Gasteiger partial charge < -0.3 is 4.74 Å². The lowest BCUT2D eigenvalue weighted by Crippen LogP contribution is -2.59.